The molecule has 0 radical (unpaired) electrons. The molecule has 0 aromatic heterocycles. The lowest BCUT2D eigenvalue weighted by atomic mass is 9.94. The Bertz CT molecular complexity index is 351. The molecule has 1 amide bonds. The van der Waals surface area contributed by atoms with Crippen molar-refractivity contribution in [3.05, 3.63) is 0 Å². The second-order valence-corrected chi connectivity index (χ2v) is 6.12. The topological polar surface area (TPSA) is 57.6 Å². The Morgan fingerprint density at radius 1 is 1.11 bits per heavy atom. The zero-order valence-corrected chi connectivity index (χ0v) is 12.0. The first kappa shape index (κ1) is 14.4. The molecule has 0 aromatic carbocycles. The fourth-order valence-electron chi connectivity index (χ4n) is 3.24. The SMILES string of the molecule is CCC1C[C@H](C(=O)N(CC)CC2CC2)[C@H](C(=O)O)C1. The van der Waals surface area contributed by atoms with E-state index in [0.29, 0.717) is 24.8 Å². The highest BCUT2D eigenvalue weighted by Crippen LogP contribution is 2.40. The summed E-state index contributed by atoms with van der Waals surface area (Å²) >= 11 is 0. The number of aliphatic carboxylic acids is 1. The highest BCUT2D eigenvalue weighted by molar-refractivity contribution is 5.85. The summed E-state index contributed by atoms with van der Waals surface area (Å²) in [5, 5.41) is 9.32. The van der Waals surface area contributed by atoms with Gasteiger partial charge in [0.25, 0.3) is 0 Å². The van der Waals surface area contributed by atoms with Crippen LogP contribution in [0, 0.1) is 23.7 Å². The van der Waals surface area contributed by atoms with Crippen LogP contribution in [0.1, 0.15) is 46.0 Å². The van der Waals surface area contributed by atoms with E-state index in [1.165, 1.54) is 12.8 Å². The lowest BCUT2D eigenvalue weighted by Gasteiger charge is -2.26. The number of nitrogens with zero attached hydrogens (tertiary/aromatic N) is 1. The Morgan fingerprint density at radius 2 is 1.74 bits per heavy atom. The van der Waals surface area contributed by atoms with Crippen LogP contribution in [0.15, 0.2) is 0 Å². The largest absolute Gasteiger partial charge is 0.481 e. The minimum atomic E-state index is -0.795. The van der Waals surface area contributed by atoms with E-state index in [-0.39, 0.29) is 11.8 Å². The van der Waals surface area contributed by atoms with Gasteiger partial charge in [0.2, 0.25) is 5.91 Å². The van der Waals surface area contributed by atoms with Crippen LogP contribution >= 0.6 is 0 Å². The van der Waals surface area contributed by atoms with E-state index in [0.717, 1.165) is 19.4 Å². The molecule has 2 rings (SSSR count). The Balaban J connectivity index is 2.03. The van der Waals surface area contributed by atoms with Gasteiger partial charge in [-0.25, -0.2) is 0 Å². The predicted molar refractivity (Wildman–Crippen MR) is 72.6 cm³/mol. The fraction of sp³-hybridized carbons (Fsp3) is 0.867. The Kier molecular flexibility index (Phi) is 4.48. The third-order valence-electron chi connectivity index (χ3n) is 4.74. The van der Waals surface area contributed by atoms with Crippen LogP contribution in [0.25, 0.3) is 0 Å². The number of carboxylic acid groups (broad SMARTS) is 1. The predicted octanol–water partition coefficient (Wildman–Crippen LogP) is 2.38. The molecule has 4 heteroatoms. The van der Waals surface area contributed by atoms with Crippen molar-refractivity contribution >= 4 is 11.9 Å². The molecule has 108 valence electrons. The average molecular weight is 267 g/mol. The van der Waals surface area contributed by atoms with Gasteiger partial charge in [0.05, 0.1) is 11.8 Å². The van der Waals surface area contributed by atoms with Crippen LogP contribution in [-0.2, 0) is 9.59 Å². The van der Waals surface area contributed by atoms with Gasteiger partial charge >= 0.3 is 5.97 Å². The lowest BCUT2D eigenvalue weighted by molar-refractivity contribution is -0.149. The standard InChI is InChI=1S/C15H25NO3/c1-3-10-7-12(13(8-10)15(18)19)14(17)16(4-2)9-11-5-6-11/h10-13H,3-9H2,1-2H3,(H,18,19)/t10?,12-,13+/m0/s1. The first-order chi connectivity index (χ1) is 9.06. The van der Waals surface area contributed by atoms with E-state index < -0.39 is 11.9 Å². The minimum Gasteiger partial charge on any atom is -0.481 e. The maximum atomic E-state index is 12.6. The Morgan fingerprint density at radius 3 is 2.21 bits per heavy atom. The summed E-state index contributed by atoms with van der Waals surface area (Å²) in [6.45, 7) is 5.60. The molecule has 0 aromatic rings. The molecular weight excluding hydrogens is 242 g/mol. The molecule has 0 heterocycles. The number of carboxylic acids is 1. The molecule has 2 fully saturated rings. The van der Waals surface area contributed by atoms with E-state index in [9.17, 15) is 14.7 Å². The van der Waals surface area contributed by atoms with Crippen molar-refractivity contribution in [2.24, 2.45) is 23.7 Å². The van der Waals surface area contributed by atoms with Gasteiger partial charge in [0.15, 0.2) is 0 Å². The second-order valence-electron chi connectivity index (χ2n) is 6.12. The van der Waals surface area contributed by atoms with E-state index in [2.05, 4.69) is 6.92 Å². The number of hydrogen-bond acceptors (Lipinski definition) is 2. The smallest absolute Gasteiger partial charge is 0.307 e. The zero-order chi connectivity index (χ0) is 14.0. The number of amides is 1. The number of hydrogen-bond donors (Lipinski definition) is 1. The zero-order valence-electron chi connectivity index (χ0n) is 12.0. The maximum Gasteiger partial charge on any atom is 0.307 e. The summed E-state index contributed by atoms with van der Waals surface area (Å²) in [7, 11) is 0. The van der Waals surface area contributed by atoms with Crippen LogP contribution in [0.4, 0.5) is 0 Å². The molecule has 2 aliphatic rings. The van der Waals surface area contributed by atoms with E-state index in [4.69, 9.17) is 0 Å². The molecule has 0 spiro atoms. The van der Waals surface area contributed by atoms with Crippen LogP contribution in [-0.4, -0.2) is 35.0 Å². The molecule has 1 N–H and O–H groups in total. The van der Waals surface area contributed by atoms with Crippen molar-refractivity contribution in [1.29, 1.82) is 0 Å². The first-order valence-electron chi connectivity index (χ1n) is 7.58. The van der Waals surface area contributed by atoms with Crippen molar-refractivity contribution in [2.45, 2.75) is 46.0 Å². The Hall–Kier alpha value is -1.06. The summed E-state index contributed by atoms with van der Waals surface area (Å²) in [5.41, 5.74) is 0. The summed E-state index contributed by atoms with van der Waals surface area (Å²) < 4.78 is 0. The minimum absolute atomic E-state index is 0.0813. The van der Waals surface area contributed by atoms with Gasteiger partial charge < -0.3 is 10.0 Å². The molecule has 0 bridgehead atoms. The maximum absolute atomic E-state index is 12.6. The summed E-state index contributed by atoms with van der Waals surface area (Å²) in [6.07, 6.45) is 4.84. The van der Waals surface area contributed by atoms with Crippen molar-refractivity contribution < 1.29 is 14.7 Å². The van der Waals surface area contributed by atoms with Crippen LogP contribution in [0.5, 0.6) is 0 Å². The van der Waals surface area contributed by atoms with Gasteiger partial charge in [-0.3, -0.25) is 9.59 Å². The quantitative estimate of drug-likeness (QED) is 0.804. The average Bonchev–Trinajstić information content (AvgIpc) is 3.10. The van der Waals surface area contributed by atoms with Gasteiger partial charge in [-0.05, 0) is 44.4 Å². The molecule has 0 saturated heterocycles. The molecule has 2 aliphatic carbocycles. The normalized spacial score (nSPS) is 30.3. The summed E-state index contributed by atoms with van der Waals surface area (Å²) in [4.78, 5) is 25.8. The monoisotopic (exact) mass is 267 g/mol. The fourth-order valence-corrected chi connectivity index (χ4v) is 3.24. The van der Waals surface area contributed by atoms with E-state index >= 15 is 0 Å². The van der Waals surface area contributed by atoms with Crippen LogP contribution in [0.3, 0.4) is 0 Å². The molecule has 1 unspecified atom stereocenters. The van der Waals surface area contributed by atoms with E-state index in [1.54, 1.807) is 0 Å². The van der Waals surface area contributed by atoms with Crippen molar-refractivity contribution in [2.75, 3.05) is 13.1 Å². The number of carbonyl (C=O) groups is 2. The highest BCUT2D eigenvalue weighted by Gasteiger charge is 2.43. The second kappa shape index (κ2) is 5.93. The molecule has 4 nitrogen and oxygen atoms in total. The highest BCUT2D eigenvalue weighted by atomic mass is 16.4. The van der Waals surface area contributed by atoms with Gasteiger partial charge in [-0.2, -0.15) is 0 Å². The van der Waals surface area contributed by atoms with Gasteiger partial charge in [0.1, 0.15) is 0 Å². The number of carbonyl (C=O) groups excluding carboxylic acids is 1. The van der Waals surface area contributed by atoms with E-state index in [1.807, 2.05) is 11.8 Å². The molecular formula is C15H25NO3. The first-order valence-corrected chi connectivity index (χ1v) is 7.58. The van der Waals surface area contributed by atoms with Gasteiger partial charge in [0, 0.05) is 13.1 Å². The summed E-state index contributed by atoms with van der Waals surface area (Å²) in [5.74, 6) is -0.411. The molecule has 19 heavy (non-hydrogen) atoms. The lowest BCUT2D eigenvalue weighted by Crippen LogP contribution is -2.40. The van der Waals surface area contributed by atoms with Gasteiger partial charge in [-0.15, -0.1) is 0 Å². The third kappa shape index (κ3) is 3.28. The summed E-state index contributed by atoms with van der Waals surface area (Å²) in [6, 6.07) is 0. The van der Waals surface area contributed by atoms with Crippen molar-refractivity contribution in [1.82, 2.24) is 4.90 Å². The third-order valence-corrected chi connectivity index (χ3v) is 4.74. The molecule has 2 saturated carbocycles. The molecule has 0 aliphatic heterocycles. The van der Waals surface area contributed by atoms with Gasteiger partial charge in [-0.1, -0.05) is 13.3 Å². The van der Waals surface area contributed by atoms with Crippen molar-refractivity contribution in [3.63, 3.8) is 0 Å². The van der Waals surface area contributed by atoms with Crippen LogP contribution < -0.4 is 0 Å². The molecule has 3 atom stereocenters. The number of rotatable bonds is 6. The van der Waals surface area contributed by atoms with Crippen molar-refractivity contribution in [3.8, 4) is 0 Å². The van der Waals surface area contributed by atoms with Crippen LogP contribution in [0.2, 0.25) is 0 Å². The Labute approximate surface area is 115 Å².